The number of rotatable bonds is 6. The van der Waals surface area contributed by atoms with Crippen molar-refractivity contribution in [3.63, 3.8) is 0 Å². The Kier molecular flexibility index (Phi) is 4.41. The molecule has 108 valence electrons. The molecule has 2 N–H and O–H groups in total. The molecule has 0 aliphatic heterocycles. The predicted molar refractivity (Wildman–Crippen MR) is 75.0 cm³/mol. The summed E-state index contributed by atoms with van der Waals surface area (Å²) >= 11 is 0. The molecule has 1 aromatic carbocycles. The van der Waals surface area contributed by atoms with Crippen LogP contribution in [0.4, 0.5) is 0 Å². The van der Waals surface area contributed by atoms with Crippen LogP contribution < -0.4 is 9.46 Å². The molecule has 7 heteroatoms. The summed E-state index contributed by atoms with van der Waals surface area (Å²) in [6, 6.07) is 7.24. The third-order valence-electron chi connectivity index (χ3n) is 2.66. The van der Waals surface area contributed by atoms with Crippen LogP contribution >= 0.6 is 0 Å². The number of ether oxygens (including phenoxy) is 1. The highest BCUT2D eigenvalue weighted by molar-refractivity contribution is 7.89. The molecule has 2 rings (SSSR count). The highest BCUT2D eigenvalue weighted by atomic mass is 32.2. The third kappa shape index (κ3) is 3.82. The second-order valence-corrected chi connectivity index (χ2v) is 6.29. The Hall–Kier alpha value is -1.86. The molecule has 1 heterocycles. The third-order valence-corrected chi connectivity index (χ3v) is 4.22. The van der Waals surface area contributed by atoms with Crippen molar-refractivity contribution in [2.45, 2.75) is 24.8 Å². The number of aromatic amines is 1. The van der Waals surface area contributed by atoms with Crippen molar-refractivity contribution in [1.82, 2.24) is 14.9 Å². The van der Waals surface area contributed by atoms with E-state index in [4.69, 9.17) is 4.74 Å². The second-order valence-electron chi connectivity index (χ2n) is 4.58. The molecule has 0 amide bonds. The Bertz CT molecular complexity index is 636. The zero-order chi connectivity index (χ0) is 14.6. The van der Waals surface area contributed by atoms with Crippen LogP contribution in [0.2, 0.25) is 0 Å². The average molecular weight is 295 g/mol. The van der Waals surface area contributed by atoms with Crippen molar-refractivity contribution in [2.75, 3.05) is 6.61 Å². The van der Waals surface area contributed by atoms with Crippen LogP contribution in [0, 0.1) is 6.92 Å². The SMILES string of the molecule is Cc1ccc(OCC(C)NS(=O)(=O)c2cn[nH]c2)cc1. The Morgan fingerprint density at radius 1 is 1.35 bits per heavy atom. The number of aromatic nitrogens is 2. The average Bonchev–Trinajstić information content (AvgIpc) is 2.92. The number of nitrogens with zero attached hydrogens (tertiary/aromatic N) is 1. The van der Waals surface area contributed by atoms with Crippen LogP contribution in [0.25, 0.3) is 0 Å². The van der Waals surface area contributed by atoms with Crippen LogP contribution in [0.3, 0.4) is 0 Å². The summed E-state index contributed by atoms with van der Waals surface area (Å²) in [6.45, 7) is 3.98. The van der Waals surface area contributed by atoms with Gasteiger partial charge < -0.3 is 4.74 Å². The van der Waals surface area contributed by atoms with Crippen molar-refractivity contribution >= 4 is 10.0 Å². The highest BCUT2D eigenvalue weighted by Gasteiger charge is 2.18. The molecule has 0 radical (unpaired) electrons. The van der Waals surface area contributed by atoms with E-state index in [1.807, 2.05) is 31.2 Å². The highest BCUT2D eigenvalue weighted by Crippen LogP contribution is 2.12. The van der Waals surface area contributed by atoms with Gasteiger partial charge in [-0.25, -0.2) is 13.1 Å². The molecule has 1 aromatic heterocycles. The van der Waals surface area contributed by atoms with E-state index in [1.165, 1.54) is 12.4 Å². The first kappa shape index (κ1) is 14.5. The van der Waals surface area contributed by atoms with Gasteiger partial charge in [-0.3, -0.25) is 5.10 Å². The Morgan fingerprint density at radius 2 is 2.05 bits per heavy atom. The summed E-state index contributed by atoms with van der Waals surface area (Å²) in [5.41, 5.74) is 1.14. The van der Waals surface area contributed by atoms with E-state index in [1.54, 1.807) is 6.92 Å². The summed E-state index contributed by atoms with van der Waals surface area (Å²) in [7, 11) is -3.55. The van der Waals surface area contributed by atoms with Gasteiger partial charge in [-0.2, -0.15) is 5.10 Å². The summed E-state index contributed by atoms with van der Waals surface area (Å²) in [5.74, 6) is 0.713. The van der Waals surface area contributed by atoms with Gasteiger partial charge in [0.2, 0.25) is 10.0 Å². The van der Waals surface area contributed by atoms with Crippen molar-refractivity contribution in [1.29, 1.82) is 0 Å². The van der Waals surface area contributed by atoms with Gasteiger partial charge in [0.05, 0.1) is 12.2 Å². The van der Waals surface area contributed by atoms with Crippen LogP contribution in [0.1, 0.15) is 12.5 Å². The Balaban J connectivity index is 1.90. The van der Waals surface area contributed by atoms with E-state index >= 15 is 0 Å². The van der Waals surface area contributed by atoms with Gasteiger partial charge >= 0.3 is 0 Å². The molecular formula is C13H17N3O3S. The monoisotopic (exact) mass is 295 g/mol. The topological polar surface area (TPSA) is 84.1 Å². The number of hydrogen-bond donors (Lipinski definition) is 2. The Morgan fingerprint density at radius 3 is 2.65 bits per heavy atom. The normalized spacial score (nSPS) is 13.1. The van der Waals surface area contributed by atoms with Crippen LogP contribution in [-0.2, 0) is 10.0 Å². The quantitative estimate of drug-likeness (QED) is 0.845. The Labute approximate surface area is 118 Å². The molecule has 1 atom stereocenters. The minimum atomic E-state index is -3.55. The maximum Gasteiger partial charge on any atom is 0.244 e. The van der Waals surface area contributed by atoms with Crippen LogP contribution in [-0.4, -0.2) is 31.3 Å². The van der Waals surface area contributed by atoms with Gasteiger partial charge in [-0.15, -0.1) is 0 Å². The molecule has 0 bridgehead atoms. The van der Waals surface area contributed by atoms with Gasteiger partial charge in [0, 0.05) is 6.20 Å². The number of hydrogen-bond acceptors (Lipinski definition) is 4. The van der Waals surface area contributed by atoms with Gasteiger partial charge in [-0.05, 0) is 26.0 Å². The molecule has 20 heavy (non-hydrogen) atoms. The lowest BCUT2D eigenvalue weighted by molar-refractivity contribution is 0.287. The zero-order valence-corrected chi connectivity index (χ0v) is 12.1. The predicted octanol–water partition coefficient (Wildman–Crippen LogP) is 1.46. The van der Waals surface area contributed by atoms with Crippen molar-refractivity contribution < 1.29 is 13.2 Å². The summed E-state index contributed by atoms with van der Waals surface area (Å²) in [4.78, 5) is 0.111. The molecule has 0 spiro atoms. The largest absolute Gasteiger partial charge is 0.492 e. The second kappa shape index (κ2) is 6.06. The first-order chi connectivity index (χ1) is 9.47. The zero-order valence-electron chi connectivity index (χ0n) is 11.3. The summed E-state index contributed by atoms with van der Waals surface area (Å²) in [6.07, 6.45) is 2.59. The molecular weight excluding hydrogens is 278 g/mol. The smallest absolute Gasteiger partial charge is 0.244 e. The first-order valence-electron chi connectivity index (χ1n) is 6.18. The van der Waals surface area contributed by atoms with Gasteiger partial charge in [0.15, 0.2) is 0 Å². The molecule has 0 fully saturated rings. The van der Waals surface area contributed by atoms with E-state index in [-0.39, 0.29) is 17.5 Å². The molecule has 2 aromatic rings. The number of nitrogens with one attached hydrogen (secondary N) is 2. The van der Waals surface area contributed by atoms with Crippen molar-refractivity contribution in [3.8, 4) is 5.75 Å². The molecule has 0 saturated carbocycles. The van der Waals surface area contributed by atoms with E-state index in [0.717, 1.165) is 5.56 Å². The maximum atomic E-state index is 11.9. The first-order valence-corrected chi connectivity index (χ1v) is 7.66. The lowest BCUT2D eigenvalue weighted by atomic mass is 10.2. The van der Waals surface area contributed by atoms with E-state index in [9.17, 15) is 8.42 Å². The number of aryl methyl sites for hydroxylation is 1. The van der Waals surface area contributed by atoms with E-state index < -0.39 is 10.0 Å². The molecule has 6 nitrogen and oxygen atoms in total. The molecule has 0 saturated heterocycles. The van der Waals surface area contributed by atoms with Crippen LogP contribution in [0.5, 0.6) is 5.75 Å². The fourth-order valence-corrected chi connectivity index (χ4v) is 2.74. The summed E-state index contributed by atoms with van der Waals surface area (Å²) < 4.78 is 31.9. The van der Waals surface area contributed by atoms with Gasteiger partial charge in [-0.1, -0.05) is 17.7 Å². The molecule has 1 unspecified atom stereocenters. The van der Waals surface area contributed by atoms with E-state index in [2.05, 4.69) is 14.9 Å². The standard InChI is InChI=1S/C13H17N3O3S/c1-10-3-5-12(6-4-10)19-9-11(2)16-20(17,18)13-7-14-15-8-13/h3-8,11,16H,9H2,1-2H3,(H,14,15). The fraction of sp³-hybridized carbons (Fsp3) is 0.308. The van der Waals surface area contributed by atoms with Crippen LogP contribution in [0.15, 0.2) is 41.6 Å². The van der Waals surface area contributed by atoms with Gasteiger partial charge in [0.1, 0.15) is 17.3 Å². The molecule has 0 aliphatic carbocycles. The van der Waals surface area contributed by atoms with Crippen molar-refractivity contribution in [3.05, 3.63) is 42.2 Å². The maximum absolute atomic E-state index is 11.9. The van der Waals surface area contributed by atoms with Crippen molar-refractivity contribution in [2.24, 2.45) is 0 Å². The van der Waals surface area contributed by atoms with E-state index in [0.29, 0.717) is 5.75 Å². The fourth-order valence-electron chi connectivity index (χ4n) is 1.61. The summed E-state index contributed by atoms with van der Waals surface area (Å²) in [5, 5.41) is 6.09. The minimum absolute atomic E-state index is 0.111. The number of benzene rings is 1. The molecule has 0 aliphatic rings. The lowest BCUT2D eigenvalue weighted by Gasteiger charge is -2.14. The van der Waals surface area contributed by atoms with Gasteiger partial charge in [0.25, 0.3) is 0 Å². The number of sulfonamides is 1. The minimum Gasteiger partial charge on any atom is -0.492 e. The number of H-pyrrole nitrogens is 1. The lowest BCUT2D eigenvalue weighted by Crippen LogP contribution is -2.36.